The number of aryl methyl sites for hydroxylation is 1. The predicted molar refractivity (Wildman–Crippen MR) is 61.8 cm³/mol. The van der Waals surface area contributed by atoms with Gasteiger partial charge in [0.15, 0.2) is 0 Å². The van der Waals surface area contributed by atoms with Crippen LogP contribution in [0, 0.1) is 6.92 Å². The second-order valence-electron chi connectivity index (χ2n) is 3.55. The molecule has 0 bridgehead atoms. The van der Waals surface area contributed by atoms with Gasteiger partial charge in [-0.05, 0) is 30.7 Å². The standard InChI is InChI=1S/C11H12N4O2/c1-7-5-8(12)3-4-9(7)15-6-13-10(14-15)11(16)17-2/h3-6H,12H2,1-2H3. The van der Waals surface area contributed by atoms with E-state index < -0.39 is 5.97 Å². The molecular formula is C11H12N4O2. The molecule has 0 amide bonds. The van der Waals surface area contributed by atoms with Gasteiger partial charge < -0.3 is 10.5 Å². The van der Waals surface area contributed by atoms with Crippen molar-refractivity contribution in [3.05, 3.63) is 35.9 Å². The van der Waals surface area contributed by atoms with Crippen LogP contribution in [0.15, 0.2) is 24.5 Å². The first kappa shape index (κ1) is 11.1. The highest BCUT2D eigenvalue weighted by Crippen LogP contribution is 2.15. The van der Waals surface area contributed by atoms with Crippen molar-refractivity contribution in [3.63, 3.8) is 0 Å². The molecule has 6 heteroatoms. The number of esters is 1. The number of hydrogen-bond acceptors (Lipinski definition) is 5. The highest BCUT2D eigenvalue weighted by molar-refractivity contribution is 5.84. The Morgan fingerprint density at radius 1 is 1.47 bits per heavy atom. The summed E-state index contributed by atoms with van der Waals surface area (Å²) in [5, 5.41) is 4.03. The van der Waals surface area contributed by atoms with Crippen LogP contribution in [-0.4, -0.2) is 27.8 Å². The number of carbonyl (C=O) groups excluding carboxylic acids is 1. The van der Waals surface area contributed by atoms with E-state index >= 15 is 0 Å². The molecule has 88 valence electrons. The normalized spacial score (nSPS) is 10.2. The number of benzene rings is 1. The van der Waals surface area contributed by atoms with E-state index in [2.05, 4.69) is 14.8 Å². The maximum atomic E-state index is 11.2. The molecule has 1 heterocycles. The highest BCUT2D eigenvalue weighted by atomic mass is 16.5. The number of ether oxygens (including phenoxy) is 1. The summed E-state index contributed by atoms with van der Waals surface area (Å²) in [6, 6.07) is 5.41. The third-order valence-electron chi connectivity index (χ3n) is 2.33. The molecule has 0 spiro atoms. The van der Waals surface area contributed by atoms with Crippen LogP contribution in [0.3, 0.4) is 0 Å². The molecular weight excluding hydrogens is 220 g/mol. The van der Waals surface area contributed by atoms with Gasteiger partial charge in [0, 0.05) is 5.69 Å². The minimum Gasteiger partial charge on any atom is -0.463 e. The Balaban J connectivity index is 2.40. The first-order valence-electron chi connectivity index (χ1n) is 4.98. The molecule has 0 unspecified atom stereocenters. The average molecular weight is 232 g/mol. The Bertz CT molecular complexity index is 562. The maximum absolute atomic E-state index is 11.2. The predicted octanol–water partition coefficient (Wildman–Crippen LogP) is 0.945. The fourth-order valence-electron chi connectivity index (χ4n) is 1.50. The zero-order chi connectivity index (χ0) is 12.4. The number of hydrogen-bond donors (Lipinski definition) is 1. The molecule has 0 saturated heterocycles. The number of anilines is 1. The second kappa shape index (κ2) is 4.25. The number of rotatable bonds is 2. The topological polar surface area (TPSA) is 83.0 Å². The molecule has 0 atom stereocenters. The first-order chi connectivity index (χ1) is 8.11. The Labute approximate surface area is 98.0 Å². The van der Waals surface area contributed by atoms with E-state index in [4.69, 9.17) is 5.73 Å². The van der Waals surface area contributed by atoms with Crippen LogP contribution in [0.2, 0.25) is 0 Å². The van der Waals surface area contributed by atoms with Gasteiger partial charge in [-0.15, -0.1) is 5.10 Å². The van der Waals surface area contributed by atoms with E-state index in [1.807, 2.05) is 19.1 Å². The molecule has 2 aromatic rings. The van der Waals surface area contributed by atoms with Crippen molar-refractivity contribution >= 4 is 11.7 Å². The van der Waals surface area contributed by atoms with Crippen LogP contribution in [0.4, 0.5) is 5.69 Å². The van der Waals surface area contributed by atoms with E-state index in [9.17, 15) is 4.79 Å². The van der Waals surface area contributed by atoms with E-state index in [1.54, 1.807) is 6.07 Å². The molecule has 2 N–H and O–H groups in total. The van der Waals surface area contributed by atoms with Gasteiger partial charge in [0.2, 0.25) is 0 Å². The molecule has 1 aromatic carbocycles. The summed E-state index contributed by atoms with van der Waals surface area (Å²) >= 11 is 0. The maximum Gasteiger partial charge on any atom is 0.377 e. The molecule has 0 aliphatic carbocycles. The summed E-state index contributed by atoms with van der Waals surface area (Å²) in [6.07, 6.45) is 1.46. The summed E-state index contributed by atoms with van der Waals surface area (Å²) in [4.78, 5) is 15.1. The monoisotopic (exact) mass is 232 g/mol. The lowest BCUT2D eigenvalue weighted by Gasteiger charge is -2.05. The van der Waals surface area contributed by atoms with Gasteiger partial charge in [-0.3, -0.25) is 0 Å². The van der Waals surface area contributed by atoms with Crippen LogP contribution in [-0.2, 0) is 4.74 Å². The van der Waals surface area contributed by atoms with Gasteiger partial charge in [0.1, 0.15) is 6.33 Å². The van der Waals surface area contributed by atoms with Crippen molar-refractivity contribution in [1.82, 2.24) is 14.8 Å². The van der Waals surface area contributed by atoms with Crippen molar-refractivity contribution in [1.29, 1.82) is 0 Å². The highest BCUT2D eigenvalue weighted by Gasteiger charge is 2.12. The van der Waals surface area contributed by atoms with Gasteiger partial charge in [0.25, 0.3) is 5.82 Å². The molecule has 0 aliphatic heterocycles. The van der Waals surface area contributed by atoms with Gasteiger partial charge in [-0.25, -0.2) is 14.5 Å². The zero-order valence-electron chi connectivity index (χ0n) is 9.54. The van der Waals surface area contributed by atoms with Gasteiger partial charge >= 0.3 is 5.97 Å². The molecule has 1 aromatic heterocycles. The SMILES string of the molecule is COC(=O)c1ncn(-c2ccc(N)cc2C)n1. The van der Waals surface area contributed by atoms with Crippen molar-refractivity contribution in [2.75, 3.05) is 12.8 Å². The van der Waals surface area contributed by atoms with Crippen LogP contribution in [0.1, 0.15) is 16.2 Å². The zero-order valence-corrected chi connectivity index (χ0v) is 9.54. The number of nitrogens with two attached hydrogens (primary N) is 1. The Hall–Kier alpha value is -2.37. The van der Waals surface area contributed by atoms with Crippen molar-refractivity contribution in [3.8, 4) is 5.69 Å². The summed E-state index contributed by atoms with van der Waals surface area (Å²) in [5.41, 5.74) is 8.11. The summed E-state index contributed by atoms with van der Waals surface area (Å²) < 4.78 is 6.05. The van der Waals surface area contributed by atoms with Gasteiger partial charge in [0.05, 0.1) is 12.8 Å². The third-order valence-corrected chi connectivity index (χ3v) is 2.33. The minimum atomic E-state index is -0.558. The lowest BCUT2D eigenvalue weighted by atomic mass is 10.2. The molecule has 17 heavy (non-hydrogen) atoms. The van der Waals surface area contributed by atoms with Gasteiger partial charge in [-0.1, -0.05) is 0 Å². The quantitative estimate of drug-likeness (QED) is 0.615. The minimum absolute atomic E-state index is 0.0312. The van der Waals surface area contributed by atoms with E-state index in [0.29, 0.717) is 5.69 Å². The van der Waals surface area contributed by atoms with Crippen molar-refractivity contribution in [2.24, 2.45) is 0 Å². The van der Waals surface area contributed by atoms with Crippen molar-refractivity contribution in [2.45, 2.75) is 6.92 Å². The second-order valence-corrected chi connectivity index (χ2v) is 3.55. The smallest absolute Gasteiger partial charge is 0.377 e. The van der Waals surface area contributed by atoms with Gasteiger partial charge in [-0.2, -0.15) is 0 Å². The summed E-state index contributed by atoms with van der Waals surface area (Å²) in [7, 11) is 1.29. The fourth-order valence-corrected chi connectivity index (χ4v) is 1.50. The summed E-state index contributed by atoms with van der Waals surface area (Å²) in [6.45, 7) is 1.91. The summed E-state index contributed by atoms with van der Waals surface area (Å²) in [5.74, 6) is -0.527. The molecule has 0 fully saturated rings. The Morgan fingerprint density at radius 3 is 2.88 bits per heavy atom. The lowest BCUT2D eigenvalue weighted by molar-refractivity contribution is 0.0587. The number of nitrogens with zero attached hydrogens (tertiary/aromatic N) is 3. The van der Waals surface area contributed by atoms with Crippen molar-refractivity contribution < 1.29 is 9.53 Å². The first-order valence-corrected chi connectivity index (χ1v) is 4.98. The van der Waals surface area contributed by atoms with E-state index in [-0.39, 0.29) is 5.82 Å². The van der Waals surface area contributed by atoms with Crippen LogP contribution in [0.25, 0.3) is 5.69 Å². The number of methoxy groups -OCH3 is 1. The number of carbonyl (C=O) groups is 1. The molecule has 0 saturated carbocycles. The molecule has 2 rings (SSSR count). The fraction of sp³-hybridized carbons (Fsp3) is 0.182. The lowest BCUT2D eigenvalue weighted by Crippen LogP contribution is -2.05. The van der Waals surface area contributed by atoms with Crippen LogP contribution >= 0.6 is 0 Å². The number of nitrogen functional groups attached to an aromatic ring is 1. The van der Waals surface area contributed by atoms with E-state index in [0.717, 1.165) is 11.3 Å². The molecule has 6 nitrogen and oxygen atoms in total. The molecule has 0 aliphatic rings. The van der Waals surface area contributed by atoms with Crippen LogP contribution < -0.4 is 5.73 Å². The Kier molecular flexibility index (Phi) is 2.78. The van der Waals surface area contributed by atoms with Crippen LogP contribution in [0.5, 0.6) is 0 Å². The number of aromatic nitrogens is 3. The third kappa shape index (κ3) is 2.10. The molecule has 0 radical (unpaired) electrons. The average Bonchev–Trinajstić information content (AvgIpc) is 2.77. The largest absolute Gasteiger partial charge is 0.463 e. The Morgan fingerprint density at radius 2 is 2.24 bits per heavy atom. The van der Waals surface area contributed by atoms with E-state index in [1.165, 1.54) is 18.1 Å².